The van der Waals surface area contributed by atoms with Gasteiger partial charge in [0.2, 0.25) is 0 Å². The molecule has 1 saturated heterocycles. The Morgan fingerprint density at radius 3 is 2.29 bits per heavy atom. The molecular weight excluding hydrogens is 326 g/mol. The fraction of sp³-hybridized carbons (Fsp3) is 0.389. The van der Waals surface area contributed by atoms with Crippen molar-refractivity contribution in [1.29, 1.82) is 0 Å². The molecule has 1 fully saturated rings. The van der Waals surface area contributed by atoms with Gasteiger partial charge in [0.25, 0.3) is 11.1 Å². The predicted molar refractivity (Wildman–Crippen MR) is 94.4 cm³/mol. The van der Waals surface area contributed by atoms with E-state index in [4.69, 9.17) is 0 Å². The van der Waals surface area contributed by atoms with Crippen molar-refractivity contribution in [3.05, 3.63) is 40.3 Å². The highest BCUT2D eigenvalue weighted by atomic mass is 32.2. The topological polar surface area (TPSA) is 63.7 Å². The van der Waals surface area contributed by atoms with E-state index >= 15 is 0 Å². The van der Waals surface area contributed by atoms with E-state index < -0.39 is 23.2 Å². The fourth-order valence-electron chi connectivity index (χ4n) is 2.32. The van der Waals surface area contributed by atoms with Crippen LogP contribution in [0.5, 0.6) is 0 Å². The lowest BCUT2D eigenvalue weighted by Crippen LogP contribution is -2.42. The Morgan fingerprint density at radius 1 is 1.21 bits per heavy atom. The van der Waals surface area contributed by atoms with E-state index in [0.717, 1.165) is 22.2 Å². The third kappa shape index (κ3) is 3.70. The number of imide groups is 1. The minimum absolute atomic E-state index is 0.0479. The van der Waals surface area contributed by atoms with Crippen molar-refractivity contribution in [3.63, 3.8) is 0 Å². The molecule has 2 amide bonds. The molecule has 2 rings (SSSR count). The summed E-state index contributed by atoms with van der Waals surface area (Å²) < 4.78 is 4.61. The number of hydrogen-bond acceptors (Lipinski definition) is 5. The highest BCUT2D eigenvalue weighted by Crippen LogP contribution is 2.34. The minimum Gasteiger partial charge on any atom is -0.467 e. The average molecular weight is 347 g/mol. The van der Waals surface area contributed by atoms with Gasteiger partial charge in [-0.1, -0.05) is 45.0 Å². The number of hydrogen-bond donors (Lipinski definition) is 0. The first-order valence-electron chi connectivity index (χ1n) is 7.60. The molecule has 0 spiro atoms. The molecule has 24 heavy (non-hydrogen) atoms. The van der Waals surface area contributed by atoms with Crippen LogP contribution < -0.4 is 0 Å². The number of esters is 1. The van der Waals surface area contributed by atoms with E-state index in [0.29, 0.717) is 4.91 Å². The second kappa shape index (κ2) is 6.81. The maximum Gasteiger partial charge on any atom is 0.328 e. The van der Waals surface area contributed by atoms with Gasteiger partial charge in [-0.25, -0.2) is 4.79 Å². The van der Waals surface area contributed by atoms with Crippen LogP contribution in [0.25, 0.3) is 6.08 Å². The van der Waals surface area contributed by atoms with Crippen molar-refractivity contribution in [1.82, 2.24) is 4.90 Å². The van der Waals surface area contributed by atoms with Gasteiger partial charge < -0.3 is 4.74 Å². The largest absolute Gasteiger partial charge is 0.467 e. The zero-order valence-electron chi connectivity index (χ0n) is 14.5. The van der Waals surface area contributed by atoms with Crippen LogP contribution in [0.4, 0.5) is 4.79 Å². The van der Waals surface area contributed by atoms with E-state index in [9.17, 15) is 14.4 Å². The van der Waals surface area contributed by atoms with Crippen LogP contribution in [0.2, 0.25) is 0 Å². The SMILES string of the molecule is COC(=O)[C@H](C)N1C(=O)S/C(=C/c2ccc(C(C)(C)C)cc2)C1=O. The molecule has 5 nitrogen and oxygen atoms in total. The number of rotatable bonds is 3. The molecular formula is C18H21NO4S. The van der Waals surface area contributed by atoms with E-state index in [1.54, 1.807) is 6.08 Å². The van der Waals surface area contributed by atoms with Crippen molar-refractivity contribution in [2.24, 2.45) is 0 Å². The Kier molecular flexibility index (Phi) is 5.18. The molecule has 1 aliphatic heterocycles. The van der Waals surface area contributed by atoms with Gasteiger partial charge in [-0.15, -0.1) is 0 Å². The van der Waals surface area contributed by atoms with Gasteiger partial charge in [-0.3, -0.25) is 14.5 Å². The minimum atomic E-state index is -0.934. The van der Waals surface area contributed by atoms with Gasteiger partial charge in [0.1, 0.15) is 6.04 Å². The molecule has 1 heterocycles. The Morgan fingerprint density at radius 2 is 1.79 bits per heavy atom. The second-order valence-electron chi connectivity index (χ2n) is 6.62. The summed E-state index contributed by atoms with van der Waals surface area (Å²) in [5.74, 6) is -1.09. The van der Waals surface area contributed by atoms with Crippen LogP contribution in [-0.2, 0) is 19.7 Å². The summed E-state index contributed by atoms with van der Waals surface area (Å²) in [6, 6.07) is 6.91. The quantitative estimate of drug-likeness (QED) is 0.618. The number of ether oxygens (including phenoxy) is 1. The molecule has 6 heteroatoms. The lowest BCUT2D eigenvalue weighted by Gasteiger charge is -2.19. The van der Waals surface area contributed by atoms with Crippen molar-refractivity contribution < 1.29 is 19.1 Å². The molecule has 0 aliphatic carbocycles. The Bertz CT molecular complexity index is 701. The number of benzene rings is 1. The molecule has 1 aliphatic rings. The van der Waals surface area contributed by atoms with Crippen LogP contribution in [0.15, 0.2) is 29.2 Å². The zero-order chi connectivity index (χ0) is 18.1. The van der Waals surface area contributed by atoms with Crippen molar-refractivity contribution >= 4 is 35.0 Å². The van der Waals surface area contributed by atoms with Gasteiger partial charge in [0.05, 0.1) is 12.0 Å². The predicted octanol–water partition coefficient (Wildman–Crippen LogP) is 3.58. The highest BCUT2D eigenvalue weighted by molar-refractivity contribution is 8.18. The summed E-state index contributed by atoms with van der Waals surface area (Å²) in [7, 11) is 1.23. The maximum absolute atomic E-state index is 12.4. The van der Waals surface area contributed by atoms with E-state index in [2.05, 4.69) is 25.5 Å². The molecule has 128 valence electrons. The summed E-state index contributed by atoms with van der Waals surface area (Å²) in [5.41, 5.74) is 2.07. The van der Waals surface area contributed by atoms with Crippen molar-refractivity contribution in [2.75, 3.05) is 7.11 Å². The first-order chi connectivity index (χ1) is 11.1. The maximum atomic E-state index is 12.4. The van der Waals surface area contributed by atoms with Gasteiger partial charge in [0.15, 0.2) is 0 Å². The number of nitrogens with zero attached hydrogens (tertiary/aromatic N) is 1. The highest BCUT2D eigenvalue weighted by Gasteiger charge is 2.41. The molecule has 0 bridgehead atoms. The number of carbonyl (C=O) groups excluding carboxylic acids is 3. The first kappa shape index (κ1) is 18.3. The molecule has 0 radical (unpaired) electrons. The van der Waals surface area contributed by atoms with E-state index in [1.165, 1.54) is 19.6 Å². The van der Waals surface area contributed by atoms with Crippen molar-refractivity contribution in [3.8, 4) is 0 Å². The molecule has 0 N–H and O–H groups in total. The average Bonchev–Trinajstić information content (AvgIpc) is 2.79. The normalized spacial score (nSPS) is 18.2. The van der Waals surface area contributed by atoms with Gasteiger partial charge >= 0.3 is 5.97 Å². The van der Waals surface area contributed by atoms with Gasteiger partial charge in [-0.2, -0.15) is 0 Å². The van der Waals surface area contributed by atoms with Crippen molar-refractivity contribution in [2.45, 2.75) is 39.2 Å². The summed E-state index contributed by atoms with van der Waals surface area (Å²) >= 11 is 0.833. The number of amides is 2. The Hall–Kier alpha value is -2.08. The lowest BCUT2D eigenvalue weighted by molar-refractivity contribution is -0.148. The van der Waals surface area contributed by atoms with Gasteiger partial charge in [0, 0.05) is 0 Å². The standard InChI is InChI=1S/C18H21NO4S/c1-11(16(21)23-5)19-15(20)14(24-17(19)22)10-12-6-8-13(9-7-12)18(2,3)4/h6-11H,1-5H3/b14-10+/t11-/m0/s1. The summed E-state index contributed by atoms with van der Waals surface area (Å²) in [6.45, 7) is 7.86. The molecule has 0 saturated carbocycles. The third-order valence-corrected chi connectivity index (χ3v) is 4.71. The van der Waals surface area contributed by atoms with Crippen LogP contribution >= 0.6 is 11.8 Å². The monoisotopic (exact) mass is 347 g/mol. The first-order valence-corrected chi connectivity index (χ1v) is 8.42. The van der Waals surface area contributed by atoms with Crippen LogP contribution in [0.1, 0.15) is 38.8 Å². The Balaban J connectivity index is 2.24. The van der Waals surface area contributed by atoms with Crippen LogP contribution in [-0.4, -0.2) is 35.2 Å². The number of carbonyl (C=O) groups is 3. The molecule has 1 atom stereocenters. The lowest BCUT2D eigenvalue weighted by atomic mass is 9.87. The summed E-state index contributed by atoms with van der Waals surface area (Å²) in [5, 5.41) is -0.463. The second-order valence-corrected chi connectivity index (χ2v) is 7.62. The van der Waals surface area contributed by atoms with Gasteiger partial charge in [-0.05, 0) is 41.3 Å². The zero-order valence-corrected chi connectivity index (χ0v) is 15.3. The summed E-state index contributed by atoms with van der Waals surface area (Å²) in [6.07, 6.45) is 1.67. The fourth-order valence-corrected chi connectivity index (χ4v) is 3.23. The van der Waals surface area contributed by atoms with E-state index in [-0.39, 0.29) is 5.41 Å². The summed E-state index contributed by atoms with van der Waals surface area (Å²) in [4.78, 5) is 37.3. The smallest absolute Gasteiger partial charge is 0.328 e. The molecule has 1 aromatic rings. The third-order valence-electron chi connectivity index (χ3n) is 3.83. The Labute approximate surface area is 146 Å². The van der Waals surface area contributed by atoms with Crippen LogP contribution in [0, 0.1) is 0 Å². The van der Waals surface area contributed by atoms with Crippen LogP contribution in [0.3, 0.4) is 0 Å². The number of thioether (sulfide) groups is 1. The molecule has 0 aromatic heterocycles. The molecule has 1 aromatic carbocycles. The number of methoxy groups -OCH3 is 1. The molecule has 0 unspecified atom stereocenters. The van der Waals surface area contributed by atoms with E-state index in [1.807, 2.05) is 24.3 Å².